The average molecular weight is 831 g/mol. The van der Waals surface area contributed by atoms with Crippen LogP contribution in [0, 0.1) is 26.7 Å². The lowest BCUT2D eigenvalue weighted by molar-refractivity contribution is 0.464. The fraction of sp³-hybridized carbons (Fsp3) is 0.153. The van der Waals surface area contributed by atoms with Crippen LogP contribution >= 0.6 is 0 Å². The van der Waals surface area contributed by atoms with Gasteiger partial charge in [-0.25, -0.2) is 0 Å². The Morgan fingerprint density at radius 1 is 0.578 bits per heavy atom. The van der Waals surface area contributed by atoms with Crippen LogP contribution in [0.4, 0.5) is 28.4 Å². The Morgan fingerprint density at radius 3 is 1.73 bits per heavy atom. The van der Waals surface area contributed by atoms with E-state index < -0.39 is 0 Å². The SMILES string of the molecule is CC1=CC(C)C(N(c2ccc(C)cc2)c2ccc3c(c2)Oc2c(C4=CC=CCC4)cc(-c4ccccc4)c4c2B3c2ccc(N(c3ccc(C)cc3)c3ccc(C)cc3)cc2O4)C=C1. The van der Waals surface area contributed by atoms with Gasteiger partial charge in [0.1, 0.15) is 23.0 Å². The number of aryl methyl sites for hydroxylation is 3. The summed E-state index contributed by atoms with van der Waals surface area (Å²) in [5.74, 6) is 3.75. The lowest BCUT2D eigenvalue weighted by Crippen LogP contribution is -2.57. The van der Waals surface area contributed by atoms with Crippen LogP contribution in [0.15, 0.2) is 188 Å². The van der Waals surface area contributed by atoms with Crippen LogP contribution in [0.1, 0.15) is 48.9 Å². The summed E-state index contributed by atoms with van der Waals surface area (Å²) >= 11 is 0. The molecule has 2 heterocycles. The highest BCUT2D eigenvalue weighted by Crippen LogP contribution is 2.48. The van der Waals surface area contributed by atoms with Gasteiger partial charge in [-0.2, -0.15) is 0 Å². The van der Waals surface area contributed by atoms with Gasteiger partial charge in [-0.05, 0) is 123 Å². The molecule has 2 aliphatic carbocycles. The number of rotatable bonds is 8. The van der Waals surface area contributed by atoms with E-state index in [2.05, 4.69) is 226 Å². The summed E-state index contributed by atoms with van der Waals surface area (Å²) in [5, 5.41) is 0. The Morgan fingerprint density at radius 2 is 1.14 bits per heavy atom. The summed E-state index contributed by atoms with van der Waals surface area (Å²) in [4.78, 5) is 4.81. The highest BCUT2D eigenvalue weighted by molar-refractivity contribution is 6.98. The minimum Gasteiger partial charge on any atom is -0.458 e. The largest absolute Gasteiger partial charge is 0.458 e. The zero-order valence-corrected chi connectivity index (χ0v) is 37.2. The molecule has 5 heteroatoms. The minimum absolute atomic E-state index is 0.127. The second-order valence-corrected chi connectivity index (χ2v) is 18.0. The van der Waals surface area contributed by atoms with Crippen molar-refractivity contribution in [3.8, 4) is 34.1 Å². The van der Waals surface area contributed by atoms with Crippen LogP contribution < -0.4 is 35.7 Å². The van der Waals surface area contributed by atoms with E-state index in [4.69, 9.17) is 9.47 Å². The summed E-state index contributed by atoms with van der Waals surface area (Å²) in [6.45, 7) is 10.8. The van der Waals surface area contributed by atoms with Gasteiger partial charge in [-0.15, -0.1) is 0 Å². The fourth-order valence-electron chi connectivity index (χ4n) is 10.1. The number of hydrogen-bond acceptors (Lipinski definition) is 4. The third-order valence-electron chi connectivity index (χ3n) is 13.4. The van der Waals surface area contributed by atoms with Crippen molar-refractivity contribution in [1.82, 2.24) is 0 Å². The molecule has 0 aromatic heterocycles. The first-order valence-electron chi connectivity index (χ1n) is 22.7. The molecule has 0 radical (unpaired) electrons. The van der Waals surface area contributed by atoms with E-state index >= 15 is 0 Å². The quantitative estimate of drug-likeness (QED) is 0.142. The molecule has 0 saturated carbocycles. The maximum Gasteiger partial charge on any atom is 0.260 e. The van der Waals surface area contributed by atoms with E-state index in [1.807, 2.05) is 0 Å². The lowest BCUT2D eigenvalue weighted by Gasteiger charge is -2.39. The molecule has 312 valence electrons. The van der Waals surface area contributed by atoms with Crippen LogP contribution in [-0.4, -0.2) is 12.8 Å². The van der Waals surface area contributed by atoms with Crippen molar-refractivity contribution in [2.24, 2.45) is 5.92 Å². The van der Waals surface area contributed by atoms with Gasteiger partial charge in [0.05, 0.1) is 6.04 Å². The molecule has 0 amide bonds. The van der Waals surface area contributed by atoms with Crippen molar-refractivity contribution in [2.75, 3.05) is 9.80 Å². The standard InChI is InChI=1S/C59H51BN2O2/c1-38-16-23-45(24-17-38)61(46-25-18-39(2)19-26-46)48-29-31-52-55(35-48)63-58-50(43-12-8-6-9-13-43)37-51(44-14-10-7-11-15-44)59-57(58)60(52)53-32-30-49(36-56(53)64-59)62(47-27-20-40(3)21-28-47)54-33-22-41(4)34-42(54)5/h6-10,12-14,16-37,42,54H,11,15H2,1-5H3. The summed E-state index contributed by atoms with van der Waals surface area (Å²) < 4.78 is 14.7. The van der Waals surface area contributed by atoms with E-state index in [1.54, 1.807) is 0 Å². The van der Waals surface area contributed by atoms with Gasteiger partial charge < -0.3 is 19.3 Å². The molecular formula is C59H51BN2O2. The molecule has 0 fully saturated rings. The topological polar surface area (TPSA) is 24.9 Å². The summed E-state index contributed by atoms with van der Waals surface area (Å²) in [6, 6.07) is 53.3. The normalized spacial score (nSPS) is 16.7. The summed E-state index contributed by atoms with van der Waals surface area (Å²) in [7, 11) is 0. The van der Waals surface area contributed by atoms with E-state index in [0.717, 1.165) is 97.4 Å². The van der Waals surface area contributed by atoms with Crippen molar-refractivity contribution in [2.45, 2.75) is 53.5 Å². The van der Waals surface area contributed by atoms with Gasteiger partial charge in [-0.1, -0.05) is 145 Å². The van der Waals surface area contributed by atoms with Crippen molar-refractivity contribution < 1.29 is 9.47 Å². The number of fused-ring (bicyclic) bond motifs is 4. The predicted octanol–water partition coefficient (Wildman–Crippen LogP) is 13.9. The molecule has 64 heavy (non-hydrogen) atoms. The monoisotopic (exact) mass is 830 g/mol. The van der Waals surface area contributed by atoms with Crippen LogP contribution in [-0.2, 0) is 0 Å². The van der Waals surface area contributed by atoms with Gasteiger partial charge in [0.15, 0.2) is 0 Å². The number of anilines is 5. The molecule has 0 bridgehead atoms. The number of allylic oxidation sites excluding steroid dienone is 6. The molecule has 11 rings (SSSR count). The molecule has 0 spiro atoms. The number of benzene rings is 7. The van der Waals surface area contributed by atoms with E-state index in [0.29, 0.717) is 5.92 Å². The van der Waals surface area contributed by atoms with E-state index in [9.17, 15) is 0 Å². The Balaban J connectivity index is 1.13. The fourth-order valence-corrected chi connectivity index (χ4v) is 10.1. The molecule has 7 aromatic carbocycles. The van der Waals surface area contributed by atoms with Gasteiger partial charge in [0, 0.05) is 57.2 Å². The van der Waals surface area contributed by atoms with Crippen LogP contribution in [0.3, 0.4) is 0 Å². The molecule has 2 aliphatic heterocycles. The molecule has 4 aliphatic rings. The molecule has 7 aromatic rings. The van der Waals surface area contributed by atoms with Crippen molar-refractivity contribution in [1.29, 1.82) is 0 Å². The smallest absolute Gasteiger partial charge is 0.260 e. The number of ether oxygens (including phenoxy) is 2. The Labute approximate surface area is 378 Å². The van der Waals surface area contributed by atoms with Crippen molar-refractivity contribution in [3.63, 3.8) is 0 Å². The van der Waals surface area contributed by atoms with Gasteiger partial charge in [-0.3, -0.25) is 0 Å². The first kappa shape index (κ1) is 39.6. The van der Waals surface area contributed by atoms with Crippen molar-refractivity contribution >= 4 is 57.1 Å². The van der Waals surface area contributed by atoms with Crippen LogP contribution in [0.25, 0.3) is 16.7 Å². The second kappa shape index (κ2) is 16.1. The molecular weight excluding hydrogens is 779 g/mol. The average Bonchev–Trinajstić information content (AvgIpc) is 3.32. The van der Waals surface area contributed by atoms with E-state index in [-0.39, 0.29) is 12.8 Å². The number of nitrogens with zero attached hydrogens (tertiary/aromatic N) is 2. The van der Waals surface area contributed by atoms with Gasteiger partial charge in [0.25, 0.3) is 6.71 Å². The van der Waals surface area contributed by atoms with E-state index in [1.165, 1.54) is 27.8 Å². The maximum absolute atomic E-state index is 7.38. The third-order valence-corrected chi connectivity index (χ3v) is 13.4. The first-order chi connectivity index (χ1) is 31.3. The zero-order valence-electron chi connectivity index (χ0n) is 37.2. The maximum atomic E-state index is 7.38. The summed E-state index contributed by atoms with van der Waals surface area (Å²) in [6.07, 6.45) is 15.6. The molecule has 0 saturated heterocycles. The van der Waals surface area contributed by atoms with Crippen LogP contribution in [0.5, 0.6) is 23.0 Å². The highest BCUT2D eigenvalue weighted by atomic mass is 16.5. The third kappa shape index (κ3) is 7.06. The minimum atomic E-state index is -0.137. The van der Waals surface area contributed by atoms with Gasteiger partial charge >= 0.3 is 0 Å². The second-order valence-electron chi connectivity index (χ2n) is 18.0. The Kier molecular flexibility index (Phi) is 9.99. The highest BCUT2D eigenvalue weighted by Gasteiger charge is 2.43. The molecule has 0 N–H and O–H groups in total. The van der Waals surface area contributed by atoms with Gasteiger partial charge in [0.2, 0.25) is 0 Å². The lowest BCUT2D eigenvalue weighted by atomic mass is 9.34. The van der Waals surface area contributed by atoms with Crippen LogP contribution in [0.2, 0.25) is 0 Å². The Bertz CT molecular complexity index is 3010. The number of hydrogen-bond donors (Lipinski definition) is 0. The molecule has 4 nitrogen and oxygen atoms in total. The molecule has 2 unspecified atom stereocenters. The van der Waals surface area contributed by atoms with Crippen molar-refractivity contribution in [3.05, 3.63) is 210 Å². The first-order valence-corrected chi connectivity index (χ1v) is 22.7. The Hall–Kier alpha value is -7.24. The predicted molar refractivity (Wildman–Crippen MR) is 269 cm³/mol. The molecule has 2 atom stereocenters. The zero-order chi connectivity index (χ0) is 43.5. The summed E-state index contributed by atoms with van der Waals surface area (Å²) in [5.41, 5.74) is 18.3.